The molecule has 1 spiro atoms. The monoisotopic (exact) mass is 449 g/mol. The lowest BCUT2D eigenvalue weighted by atomic mass is 9.51. The molecule has 2 aliphatic carbocycles. The van der Waals surface area contributed by atoms with E-state index in [0.29, 0.717) is 18.4 Å². The van der Waals surface area contributed by atoms with Crippen molar-refractivity contribution in [1.29, 1.82) is 0 Å². The third-order valence-corrected chi connectivity index (χ3v) is 7.46. The first-order chi connectivity index (χ1) is 15.1. The molecule has 1 saturated carbocycles. The molecular weight excluding hydrogens is 422 g/mol. The van der Waals surface area contributed by atoms with E-state index in [-0.39, 0.29) is 23.9 Å². The maximum atomic E-state index is 12.6. The van der Waals surface area contributed by atoms with Crippen LogP contribution in [0, 0.1) is 5.92 Å². The Morgan fingerprint density at radius 2 is 1.88 bits per heavy atom. The number of aliphatic hydroxyl groups is 3. The van der Waals surface area contributed by atoms with Crippen LogP contribution >= 0.6 is 0 Å². The summed E-state index contributed by atoms with van der Waals surface area (Å²) in [5.41, 5.74) is 3.32. The van der Waals surface area contributed by atoms with E-state index < -0.39 is 24.1 Å². The summed E-state index contributed by atoms with van der Waals surface area (Å²) in [4.78, 5) is 34.6. The minimum Gasteiger partial charge on any atom is -0.481 e. The van der Waals surface area contributed by atoms with Gasteiger partial charge in [0, 0.05) is 29.0 Å². The Labute approximate surface area is 184 Å². The number of likely N-dealkylation sites (tertiary alicyclic amines) is 1. The van der Waals surface area contributed by atoms with Gasteiger partial charge in [-0.25, -0.2) is 9.59 Å². The highest BCUT2D eigenvalue weighted by Crippen LogP contribution is 2.61. The molecule has 0 amide bonds. The van der Waals surface area contributed by atoms with Crippen LogP contribution < -0.4 is 4.74 Å². The Kier molecular flexibility index (Phi) is 5.74. The van der Waals surface area contributed by atoms with Crippen LogP contribution in [0.25, 0.3) is 0 Å². The van der Waals surface area contributed by atoms with Gasteiger partial charge in [-0.1, -0.05) is 12.1 Å². The predicted molar refractivity (Wildman–Crippen MR) is 108 cm³/mol. The van der Waals surface area contributed by atoms with Crippen LogP contribution in [-0.2, 0) is 32.8 Å². The van der Waals surface area contributed by atoms with Gasteiger partial charge in [-0.15, -0.1) is 0 Å². The number of rotatable bonds is 4. The fraction of sp³-hybridized carbons (Fsp3) is 0.591. The zero-order valence-corrected chi connectivity index (χ0v) is 17.6. The van der Waals surface area contributed by atoms with E-state index >= 15 is 0 Å². The van der Waals surface area contributed by atoms with Gasteiger partial charge in [-0.2, -0.15) is 0 Å². The molecule has 0 radical (unpaired) electrons. The van der Waals surface area contributed by atoms with Gasteiger partial charge >= 0.3 is 11.9 Å². The van der Waals surface area contributed by atoms with Crippen molar-refractivity contribution < 1.29 is 44.7 Å². The van der Waals surface area contributed by atoms with Gasteiger partial charge in [-0.05, 0) is 44.3 Å². The Balaban J connectivity index is 0.000000211. The zero-order chi connectivity index (χ0) is 23.4. The molecule has 2 bridgehead atoms. The maximum Gasteiger partial charge on any atom is 0.335 e. The Bertz CT molecular complexity index is 945. The predicted octanol–water partition coefficient (Wildman–Crippen LogP) is -0.706. The van der Waals surface area contributed by atoms with Crippen LogP contribution in [0.15, 0.2) is 12.1 Å². The number of nitrogens with zero attached hydrogens (tertiary/aromatic N) is 1. The number of piperidine rings is 1. The Morgan fingerprint density at radius 3 is 2.47 bits per heavy atom. The van der Waals surface area contributed by atoms with E-state index in [1.54, 1.807) is 0 Å². The quantitative estimate of drug-likeness (QED) is 0.397. The number of carbonyl (C=O) groups excluding carboxylic acids is 1. The van der Waals surface area contributed by atoms with E-state index in [9.17, 15) is 19.5 Å². The minimum atomic E-state index is -2.27. The molecule has 174 valence electrons. The summed E-state index contributed by atoms with van der Waals surface area (Å²) in [6.07, 6.45) is -1.19. The van der Waals surface area contributed by atoms with Crippen LogP contribution in [0.4, 0.5) is 0 Å². The summed E-state index contributed by atoms with van der Waals surface area (Å²) in [5, 5.41) is 42.2. The molecule has 5 rings (SSSR count). The van der Waals surface area contributed by atoms with Crippen LogP contribution in [0.5, 0.6) is 5.75 Å². The van der Waals surface area contributed by atoms with Crippen molar-refractivity contribution in [3.63, 3.8) is 0 Å². The molecule has 6 atom stereocenters. The topological polar surface area (TPSA) is 165 Å². The third kappa shape index (κ3) is 3.21. The average Bonchev–Trinajstić information content (AvgIpc) is 3.12. The van der Waals surface area contributed by atoms with Gasteiger partial charge in [0.05, 0.1) is 6.61 Å². The smallest absolute Gasteiger partial charge is 0.335 e. The van der Waals surface area contributed by atoms with Crippen LogP contribution in [0.1, 0.15) is 36.0 Å². The van der Waals surface area contributed by atoms with Gasteiger partial charge in [0.2, 0.25) is 0 Å². The van der Waals surface area contributed by atoms with Crippen molar-refractivity contribution in [2.75, 3.05) is 13.6 Å². The summed E-state index contributed by atoms with van der Waals surface area (Å²) >= 11 is 0. The fourth-order valence-corrected chi connectivity index (χ4v) is 5.98. The van der Waals surface area contributed by atoms with E-state index in [1.165, 1.54) is 11.1 Å². The summed E-state index contributed by atoms with van der Waals surface area (Å²) in [6, 6.07) is 4.65. The molecule has 1 saturated heterocycles. The van der Waals surface area contributed by atoms with Gasteiger partial charge < -0.3 is 35.2 Å². The van der Waals surface area contributed by atoms with E-state index in [1.807, 2.05) is 6.07 Å². The van der Waals surface area contributed by atoms with Gasteiger partial charge in [0.25, 0.3) is 0 Å². The number of hydrogen-bond donors (Lipinski definition) is 5. The van der Waals surface area contributed by atoms with Crippen LogP contribution in [0.3, 0.4) is 0 Å². The number of ether oxygens (including phenoxy) is 1. The second-order valence-corrected chi connectivity index (χ2v) is 8.96. The van der Waals surface area contributed by atoms with Crippen molar-refractivity contribution in [2.24, 2.45) is 5.92 Å². The molecule has 1 aromatic carbocycles. The van der Waals surface area contributed by atoms with Gasteiger partial charge in [0.15, 0.2) is 24.1 Å². The van der Waals surface area contributed by atoms with Crippen LogP contribution in [0.2, 0.25) is 0 Å². The first-order valence-electron chi connectivity index (χ1n) is 10.6. The molecule has 10 nitrogen and oxygen atoms in total. The van der Waals surface area contributed by atoms with Gasteiger partial charge in [-0.3, -0.25) is 4.79 Å². The van der Waals surface area contributed by atoms with Crippen molar-refractivity contribution in [3.8, 4) is 5.75 Å². The lowest BCUT2D eigenvalue weighted by molar-refractivity contribution is -0.165. The number of benzene rings is 1. The van der Waals surface area contributed by atoms with Crippen molar-refractivity contribution in [1.82, 2.24) is 4.90 Å². The van der Waals surface area contributed by atoms with Gasteiger partial charge in [0.1, 0.15) is 5.75 Å². The fourth-order valence-electron chi connectivity index (χ4n) is 5.98. The first-order valence-corrected chi connectivity index (χ1v) is 10.6. The first kappa shape index (κ1) is 22.7. The molecule has 10 heteroatoms. The normalized spacial score (nSPS) is 31.5. The van der Waals surface area contributed by atoms with Crippen molar-refractivity contribution in [2.45, 2.75) is 62.1 Å². The second kappa shape index (κ2) is 8.11. The highest BCUT2D eigenvalue weighted by Gasteiger charge is 2.65. The van der Waals surface area contributed by atoms with E-state index in [0.717, 1.165) is 37.1 Å². The number of aliphatic hydroxyl groups excluding tert-OH is 3. The number of hydrogen-bond acceptors (Lipinski definition) is 8. The van der Waals surface area contributed by atoms with Crippen molar-refractivity contribution in [3.05, 3.63) is 28.8 Å². The highest BCUT2D eigenvalue weighted by molar-refractivity contribution is 5.89. The standard InChI is InChI=1S/C18H21NO3.C4H6O6/c1-19-7-6-18-12-4-5-14(21)17(18)22-16-11(9-20)3-2-10(15(16)18)8-13(12)19;5-1(3(7)8)2(6)4(9)10/h2-3,12-13,17,20H,4-9H2,1H3;1-2,5-6H,(H,7,8)(H,9,10)/t12-,13+,17-,18-;1-,2-/m01/s1. The molecule has 5 N–H and O–H groups in total. The maximum absolute atomic E-state index is 12.6. The molecule has 0 unspecified atom stereocenters. The van der Waals surface area contributed by atoms with E-state index in [2.05, 4.69) is 18.0 Å². The largest absolute Gasteiger partial charge is 0.481 e. The Hall–Kier alpha value is -2.53. The van der Waals surface area contributed by atoms with E-state index in [4.69, 9.17) is 25.2 Å². The lowest BCUT2D eigenvalue weighted by Gasteiger charge is -2.57. The summed E-state index contributed by atoms with van der Waals surface area (Å²) in [6.45, 7) is 1.00. The molecule has 2 aliphatic heterocycles. The zero-order valence-electron chi connectivity index (χ0n) is 17.6. The number of likely N-dealkylation sites (N-methyl/N-ethyl adjacent to an activating group) is 1. The molecule has 4 aliphatic rings. The number of carboxylic acid groups (broad SMARTS) is 2. The minimum absolute atomic E-state index is 0.0202. The molecular formula is C22H27NO9. The number of aliphatic carboxylic acids is 2. The van der Waals surface area contributed by atoms with Crippen LogP contribution in [-0.4, -0.2) is 86.1 Å². The number of carboxylic acids is 2. The number of Topliss-reactive ketones (excluding diaryl/α,β-unsaturated/α-hetero) is 1. The molecule has 0 aromatic heterocycles. The second-order valence-electron chi connectivity index (χ2n) is 8.96. The van der Waals surface area contributed by atoms with Crippen molar-refractivity contribution >= 4 is 17.7 Å². The molecule has 2 heterocycles. The molecule has 32 heavy (non-hydrogen) atoms. The average molecular weight is 449 g/mol. The SMILES string of the molecule is CN1CC[C@]23c4c5ccc(CO)c4O[C@H]2C(=O)CC[C@H]3[C@H]1C5.O=C(O)[C@H](O)[C@@H](O)C(=O)O. The lowest BCUT2D eigenvalue weighted by Crippen LogP contribution is -2.65. The molecule has 2 fully saturated rings. The summed E-state index contributed by atoms with van der Waals surface area (Å²) < 4.78 is 6.22. The third-order valence-electron chi connectivity index (χ3n) is 7.46. The highest BCUT2D eigenvalue weighted by atomic mass is 16.5. The summed E-state index contributed by atoms with van der Waals surface area (Å²) in [7, 11) is 2.22. The Morgan fingerprint density at radius 1 is 1.22 bits per heavy atom. The summed E-state index contributed by atoms with van der Waals surface area (Å²) in [5.74, 6) is -1.94. The number of ketones is 1. The molecule has 1 aromatic rings. The number of carbonyl (C=O) groups is 3.